The number of rotatable bonds is 29. The summed E-state index contributed by atoms with van der Waals surface area (Å²) in [4.78, 5) is 0. The highest BCUT2D eigenvalue weighted by atomic mass is 32.9. The molecule has 0 spiro atoms. The van der Waals surface area contributed by atoms with E-state index in [1.165, 1.54) is 5.56 Å². The molecule has 1 rings (SSSR count). The summed E-state index contributed by atoms with van der Waals surface area (Å²) in [6.45, 7) is 30.1. The molecule has 0 N–H and O–H groups in total. The zero-order valence-corrected chi connectivity index (χ0v) is 41.9. The van der Waals surface area contributed by atoms with E-state index < -0.39 is 17.1 Å². The quantitative estimate of drug-likeness (QED) is 0.0720. The van der Waals surface area contributed by atoms with Crippen LogP contribution in [-0.4, -0.2) is 48.1 Å². The minimum Gasteiger partial charge on any atom is -0.319 e. The maximum absolute atomic E-state index is 6.73. The van der Waals surface area contributed by atoms with Crippen molar-refractivity contribution in [3.8, 4) is 0 Å². The van der Waals surface area contributed by atoms with E-state index in [4.69, 9.17) is 62.6 Å². The van der Waals surface area contributed by atoms with Gasteiger partial charge < -0.3 is 27.1 Å². The molecule has 6 unspecified atom stereocenters. The topological polar surface area (TPSA) is 55.4 Å². The molecule has 1 aromatic carbocycles. The van der Waals surface area contributed by atoms with Crippen molar-refractivity contribution in [2.24, 2.45) is 23.7 Å². The molecule has 6 atom stereocenters. The Morgan fingerprint density at radius 3 is 0.981 bits per heavy atom. The van der Waals surface area contributed by atoms with E-state index in [0.717, 1.165) is 25.7 Å². The fourth-order valence-electron chi connectivity index (χ4n) is 5.59. The molecule has 0 heterocycles. The van der Waals surface area contributed by atoms with Gasteiger partial charge in [-0.15, -0.1) is 0 Å². The van der Waals surface area contributed by atoms with Gasteiger partial charge in [0.2, 0.25) is 17.1 Å². The predicted molar refractivity (Wildman–Crippen MR) is 247 cm³/mol. The van der Waals surface area contributed by atoms with Crippen LogP contribution in [0, 0.1) is 23.7 Å². The Morgan fingerprint density at radius 2 is 0.692 bits per heavy atom. The van der Waals surface area contributed by atoms with Crippen molar-refractivity contribution >= 4 is 86.6 Å². The zero-order valence-electron chi connectivity index (χ0n) is 34.4. The molecule has 0 radical (unpaired) electrons. The average Bonchev–Trinajstić information content (AvgIpc) is 2.96. The van der Waals surface area contributed by atoms with Gasteiger partial charge in [0.25, 0.3) is 0 Å². The minimum absolute atomic E-state index is 0.00323. The molecule has 0 saturated heterocycles. The summed E-state index contributed by atoms with van der Waals surface area (Å²) in [7, 11) is 0. The van der Waals surface area contributed by atoms with Crippen LogP contribution in [0.5, 0.6) is 0 Å². The predicted octanol–water partition coefficient (Wildman–Crippen LogP) is 14.7. The first-order valence-corrected chi connectivity index (χ1v) is 31.6. The van der Waals surface area contributed by atoms with Crippen molar-refractivity contribution < 1.29 is 27.1 Å². The van der Waals surface area contributed by atoms with Gasteiger partial charge in [-0.05, 0) is 132 Å². The van der Waals surface area contributed by atoms with Gasteiger partial charge in [0, 0.05) is 17.3 Å². The highest BCUT2D eigenvalue weighted by molar-refractivity contribution is 8.68. The summed E-state index contributed by atoms with van der Waals surface area (Å²) in [6.07, 6.45) is 3.23. The molecule has 6 nitrogen and oxygen atoms in total. The summed E-state index contributed by atoms with van der Waals surface area (Å²) in [6, 6.07) is 10.3. The van der Waals surface area contributed by atoms with E-state index in [2.05, 4.69) is 95.2 Å². The smallest absolute Gasteiger partial charge is 0.248 e. The Hall–Kier alpha value is 1.98. The Bertz CT molecular complexity index is 1140. The van der Waals surface area contributed by atoms with Gasteiger partial charge in [-0.3, -0.25) is 0 Å². The molecule has 0 aliphatic rings. The van der Waals surface area contributed by atoms with Crippen LogP contribution < -0.4 is 0 Å². The van der Waals surface area contributed by atoms with Gasteiger partial charge >= 0.3 is 0 Å². The zero-order chi connectivity index (χ0) is 39.7. The molecule has 1 aromatic rings. The van der Waals surface area contributed by atoms with Crippen LogP contribution in [0.2, 0.25) is 0 Å². The average molecular weight is 897 g/mol. The first-order chi connectivity index (χ1) is 24.0. The lowest BCUT2D eigenvalue weighted by molar-refractivity contribution is 0.143. The fraction of sp³-hybridized carbons (Fsp3) is 0.838. The molecule has 306 valence electrons. The van der Waals surface area contributed by atoms with Crippen LogP contribution >= 0.6 is 51.2 Å². The maximum Gasteiger partial charge on any atom is 0.248 e. The van der Waals surface area contributed by atoms with Gasteiger partial charge in [-0.25, -0.2) is 0 Å². The third-order valence-electron chi connectivity index (χ3n) is 7.23. The normalized spacial score (nSPS) is 19.6. The molecule has 0 amide bonds. The lowest BCUT2D eigenvalue weighted by Gasteiger charge is -2.32. The van der Waals surface area contributed by atoms with Crippen molar-refractivity contribution in [2.45, 2.75) is 165 Å². The summed E-state index contributed by atoms with van der Waals surface area (Å²) in [5.74, 6) is 3.86. The lowest BCUT2D eigenvalue weighted by Crippen LogP contribution is -2.18. The van der Waals surface area contributed by atoms with E-state index in [1.807, 2.05) is 32.0 Å². The molecule has 0 aliphatic carbocycles. The molecule has 0 fully saturated rings. The van der Waals surface area contributed by atoms with E-state index in [9.17, 15) is 0 Å². The highest BCUT2D eigenvalue weighted by Crippen LogP contribution is 2.68. The first-order valence-electron chi connectivity index (χ1n) is 18.9. The van der Waals surface area contributed by atoms with Gasteiger partial charge in [-0.2, -0.15) is 0 Å². The largest absolute Gasteiger partial charge is 0.319 e. The van der Waals surface area contributed by atoms with Crippen molar-refractivity contribution in [2.75, 3.05) is 11.5 Å². The molecule has 0 bridgehead atoms. The number of benzene rings is 1. The SMILES string of the molecule is CC(C)CC(C)OP(=S)(OC(C)CC(C)C)SCC(C)OP(=S)(OC(C)CSP(=S)(OC(C)CC(C)C)OC(C)CC(C)C)SCc1ccccc1. The summed E-state index contributed by atoms with van der Waals surface area (Å²) in [5.41, 5.74) is -6.99. The van der Waals surface area contributed by atoms with Crippen molar-refractivity contribution in [1.29, 1.82) is 0 Å². The van der Waals surface area contributed by atoms with Crippen LogP contribution in [0.1, 0.15) is 128 Å². The lowest BCUT2D eigenvalue weighted by atomic mass is 10.1. The van der Waals surface area contributed by atoms with Crippen molar-refractivity contribution in [3.63, 3.8) is 0 Å². The van der Waals surface area contributed by atoms with Gasteiger partial charge in [0.05, 0.1) is 36.6 Å². The van der Waals surface area contributed by atoms with Gasteiger partial charge in [0.1, 0.15) is 0 Å². The Morgan fingerprint density at radius 1 is 0.423 bits per heavy atom. The molecule has 0 saturated carbocycles. The number of hydrogen-bond donors (Lipinski definition) is 0. The molecule has 15 heteroatoms. The van der Waals surface area contributed by atoms with Crippen LogP contribution in [-0.2, 0) is 68.3 Å². The van der Waals surface area contributed by atoms with E-state index in [1.54, 1.807) is 34.1 Å². The fourth-order valence-corrected chi connectivity index (χ4v) is 22.1. The Kier molecular flexibility index (Phi) is 26.2. The van der Waals surface area contributed by atoms with Gasteiger partial charge in [-0.1, -0.05) is 120 Å². The summed E-state index contributed by atoms with van der Waals surface area (Å²) < 4.78 is 39.6. The van der Waals surface area contributed by atoms with E-state index in [0.29, 0.717) is 40.9 Å². The van der Waals surface area contributed by atoms with Crippen LogP contribution in [0.25, 0.3) is 0 Å². The van der Waals surface area contributed by atoms with Crippen LogP contribution in [0.15, 0.2) is 30.3 Å². The van der Waals surface area contributed by atoms with Crippen molar-refractivity contribution in [1.82, 2.24) is 0 Å². The third kappa shape index (κ3) is 24.7. The van der Waals surface area contributed by atoms with Gasteiger partial charge in [0.15, 0.2) is 0 Å². The standard InChI is InChI=1S/C37H71O6P3S6/c1-27(2)20-31(9)38-44(47,39-32(10)21-28(3)4)50-24-35(13)42-46(49,52-26-37-18-16-15-17-19-37)43-36(14)25-51-45(48,40-33(11)22-29(5)6)41-34(12)23-30(7)8/h15-19,27-36H,20-26H2,1-14H3. The molecular weight excluding hydrogens is 826 g/mol. The van der Waals surface area contributed by atoms with E-state index in [-0.39, 0.29) is 36.6 Å². The molecule has 0 aliphatic heterocycles. The second-order valence-electron chi connectivity index (χ2n) is 15.7. The van der Waals surface area contributed by atoms with E-state index >= 15 is 0 Å². The van der Waals surface area contributed by atoms with Crippen molar-refractivity contribution in [3.05, 3.63) is 35.9 Å². The summed E-state index contributed by atoms with van der Waals surface area (Å²) >= 11 is 23.3. The maximum atomic E-state index is 6.73. The second kappa shape index (κ2) is 26.2. The third-order valence-corrected chi connectivity index (χ3v) is 23.7. The molecule has 52 heavy (non-hydrogen) atoms. The number of hydrogen-bond acceptors (Lipinski definition) is 12. The monoisotopic (exact) mass is 896 g/mol. The van der Waals surface area contributed by atoms with Crippen LogP contribution in [0.4, 0.5) is 0 Å². The second-order valence-corrected chi connectivity index (χ2v) is 34.4. The van der Waals surface area contributed by atoms with Crippen LogP contribution in [0.3, 0.4) is 0 Å². The molecular formula is C37H71O6P3S6. The molecule has 0 aromatic heterocycles. The first kappa shape index (κ1) is 52.0. The summed E-state index contributed by atoms with van der Waals surface area (Å²) in [5, 5.41) is 0. The minimum atomic E-state index is -2.83. The Labute approximate surface area is 347 Å². The Balaban J connectivity index is 3.17. The highest BCUT2D eigenvalue weighted by Gasteiger charge is 2.33.